The molecular weight excluding hydrogens is 983 g/mol. The van der Waals surface area contributed by atoms with E-state index in [1.807, 2.05) is 36.4 Å². The van der Waals surface area contributed by atoms with Gasteiger partial charge in [0.2, 0.25) is 0 Å². The summed E-state index contributed by atoms with van der Waals surface area (Å²) in [6, 6.07) is 96.1. The Balaban J connectivity index is 1.05. The molecule has 0 saturated heterocycles. The Labute approximate surface area is 470 Å². The average Bonchev–Trinajstić information content (AvgIpc) is 4.08. The summed E-state index contributed by atoms with van der Waals surface area (Å²) in [5.74, 6) is 1.80. The molecule has 5 heteroatoms. The molecule has 0 fully saturated rings. The number of nitrogens with zero attached hydrogens (tertiary/aromatic N) is 5. The largest absolute Gasteiger partial charge is 0.309 e. The monoisotopic (exact) mass is 1030 g/mol. The van der Waals surface area contributed by atoms with Crippen LogP contribution in [0.25, 0.3) is 139 Å². The zero-order valence-corrected chi connectivity index (χ0v) is 44.2. The molecule has 0 spiro atoms. The number of hydrogen-bond acceptors (Lipinski definition) is 3. The Bertz CT molecular complexity index is 4670. The minimum absolute atomic E-state index is 0.584. The number of rotatable bonds is 10. The van der Waals surface area contributed by atoms with Crippen LogP contribution in [0.4, 0.5) is 0 Å². The highest BCUT2D eigenvalue weighted by Crippen LogP contribution is 2.46. The number of allylic oxidation sites excluding steroid dienone is 6. The van der Waals surface area contributed by atoms with E-state index < -0.39 is 0 Å². The van der Waals surface area contributed by atoms with E-state index in [1.165, 1.54) is 32.9 Å². The predicted octanol–water partition coefficient (Wildman–Crippen LogP) is 19.6. The van der Waals surface area contributed by atoms with E-state index in [1.54, 1.807) is 0 Å². The Kier molecular flexibility index (Phi) is 11.9. The van der Waals surface area contributed by atoms with Crippen molar-refractivity contribution < 1.29 is 0 Å². The van der Waals surface area contributed by atoms with E-state index in [4.69, 9.17) is 15.0 Å². The maximum atomic E-state index is 5.36. The van der Waals surface area contributed by atoms with Gasteiger partial charge in [-0.1, -0.05) is 243 Å². The molecule has 3 aromatic heterocycles. The van der Waals surface area contributed by atoms with Crippen LogP contribution in [0.5, 0.6) is 0 Å². The third-order valence-corrected chi connectivity index (χ3v) is 15.8. The van der Waals surface area contributed by atoms with Crippen LogP contribution in [0.3, 0.4) is 0 Å². The molecule has 380 valence electrons. The zero-order chi connectivity index (χ0) is 53.6. The van der Waals surface area contributed by atoms with Crippen molar-refractivity contribution in [1.82, 2.24) is 24.1 Å². The second-order valence-corrected chi connectivity index (χ2v) is 20.7. The molecule has 0 unspecified atom stereocenters. The van der Waals surface area contributed by atoms with E-state index >= 15 is 0 Å². The molecular formula is C76H51N5. The Morgan fingerprint density at radius 2 is 0.704 bits per heavy atom. The van der Waals surface area contributed by atoms with E-state index in [2.05, 4.69) is 270 Å². The lowest BCUT2D eigenvalue weighted by atomic mass is 9.91. The van der Waals surface area contributed by atoms with Gasteiger partial charge < -0.3 is 9.13 Å². The summed E-state index contributed by atoms with van der Waals surface area (Å²) in [4.78, 5) is 15.9. The smallest absolute Gasteiger partial charge is 0.164 e. The molecule has 15 rings (SSSR count). The van der Waals surface area contributed by atoms with Crippen molar-refractivity contribution in [2.75, 3.05) is 0 Å². The fraction of sp³-hybridized carbons (Fsp3) is 0.0132. The first kappa shape index (κ1) is 47.5. The number of benzene rings is 11. The molecule has 0 N–H and O–H groups in total. The lowest BCUT2D eigenvalue weighted by Gasteiger charge is -2.22. The second-order valence-electron chi connectivity index (χ2n) is 20.7. The molecule has 0 atom stereocenters. The Morgan fingerprint density at radius 3 is 1.27 bits per heavy atom. The molecule has 0 aliphatic heterocycles. The van der Waals surface area contributed by atoms with Gasteiger partial charge in [-0.05, 0) is 106 Å². The molecule has 81 heavy (non-hydrogen) atoms. The molecule has 11 aromatic carbocycles. The predicted molar refractivity (Wildman–Crippen MR) is 337 cm³/mol. The van der Waals surface area contributed by atoms with Gasteiger partial charge in [-0.2, -0.15) is 0 Å². The SMILES string of the molecule is C1=CCC=C(c2ccc(-c3cc(-c4nc(-c5ccccc5)nc(-c5ccccc5)n4)cc(-c4ccc(-c5ccccc5)cc4)c3-n3c4ccc(-c5ccccc5)cc4c4cc(-n5c6ccccc6c6ccccc65)ccc43)cc2)C=C1. The highest BCUT2D eigenvalue weighted by atomic mass is 15.0. The van der Waals surface area contributed by atoms with Gasteiger partial charge in [0, 0.05) is 55.0 Å². The summed E-state index contributed by atoms with van der Waals surface area (Å²) in [5, 5.41) is 4.77. The van der Waals surface area contributed by atoms with Gasteiger partial charge in [0.15, 0.2) is 17.5 Å². The molecule has 3 heterocycles. The van der Waals surface area contributed by atoms with Crippen molar-refractivity contribution in [3.8, 4) is 90.0 Å². The van der Waals surface area contributed by atoms with Gasteiger partial charge in [-0.15, -0.1) is 0 Å². The standard InChI is InChI=1S/C76H51N5/c1-2-8-22-51(21-7-1)54-35-39-56(40-36-54)65-48-61(76-78-74(58-27-13-5-14-28-58)77-75(79-76)59-29-15-6-16-30-59)49-66(57-41-37-55(38-42-57)52-23-9-3-10-24-52)73(65)81-71-45-43-60(53-25-11-4-12-26-53)47-67(71)68-50-62(44-46-72(68)81)80-69-33-19-17-31-63(69)64-32-18-20-34-70(64)80/h1-7,9-50H,8H2. The number of hydrogen-bond donors (Lipinski definition) is 0. The lowest BCUT2D eigenvalue weighted by Crippen LogP contribution is -2.04. The van der Waals surface area contributed by atoms with Gasteiger partial charge in [0.1, 0.15) is 0 Å². The molecule has 0 bridgehead atoms. The summed E-state index contributed by atoms with van der Waals surface area (Å²) in [7, 11) is 0. The van der Waals surface area contributed by atoms with Crippen LogP contribution in [-0.2, 0) is 0 Å². The van der Waals surface area contributed by atoms with Gasteiger partial charge in [-0.3, -0.25) is 0 Å². The minimum atomic E-state index is 0.584. The fourth-order valence-electron chi connectivity index (χ4n) is 11.9. The van der Waals surface area contributed by atoms with Crippen LogP contribution in [-0.4, -0.2) is 24.1 Å². The van der Waals surface area contributed by atoms with Crippen molar-refractivity contribution in [3.63, 3.8) is 0 Å². The maximum Gasteiger partial charge on any atom is 0.164 e. The number of fused-ring (bicyclic) bond motifs is 6. The first-order chi connectivity index (χ1) is 40.2. The average molecular weight is 1030 g/mol. The summed E-state index contributed by atoms with van der Waals surface area (Å²) in [6.45, 7) is 0. The summed E-state index contributed by atoms with van der Waals surface area (Å²) in [6.07, 6.45) is 11.8. The quantitative estimate of drug-likeness (QED) is 0.137. The molecule has 0 radical (unpaired) electrons. The normalized spacial score (nSPS) is 12.4. The highest BCUT2D eigenvalue weighted by molar-refractivity contribution is 6.14. The summed E-state index contributed by atoms with van der Waals surface area (Å²) >= 11 is 0. The van der Waals surface area contributed by atoms with E-state index in [0.717, 1.165) is 101 Å². The zero-order valence-electron chi connectivity index (χ0n) is 44.2. The summed E-state index contributed by atoms with van der Waals surface area (Å²) < 4.78 is 4.94. The van der Waals surface area contributed by atoms with Crippen LogP contribution >= 0.6 is 0 Å². The topological polar surface area (TPSA) is 48.5 Å². The first-order valence-corrected chi connectivity index (χ1v) is 27.6. The van der Waals surface area contributed by atoms with Gasteiger partial charge in [0.05, 0.1) is 27.8 Å². The Hall–Kier alpha value is -10.8. The second kappa shape index (κ2) is 20.2. The number of aromatic nitrogens is 5. The van der Waals surface area contributed by atoms with Crippen molar-refractivity contribution in [2.24, 2.45) is 0 Å². The van der Waals surface area contributed by atoms with E-state index in [-0.39, 0.29) is 0 Å². The molecule has 0 saturated carbocycles. The van der Waals surface area contributed by atoms with Crippen molar-refractivity contribution >= 4 is 49.2 Å². The van der Waals surface area contributed by atoms with Gasteiger partial charge >= 0.3 is 0 Å². The lowest BCUT2D eigenvalue weighted by molar-refractivity contribution is 1.07. The van der Waals surface area contributed by atoms with E-state index in [9.17, 15) is 0 Å². The molecule has 0 amide bonds. The van der Waals surface area contributed by atoms with Crippen LogP contribution in [0.2, 0.25) is 0 Å². The molecule has 1 aliphatic carbocycles. The summed E-state index contributed by atoms with van der Waals surface area (Å²) in [5.41, 5.74) is 20.6. The third-order valence-electron chi connectivity index (χ3n) is 15.8. The first-order valence-electron chi connectivity index (χ1n) is 27.6. The van der Waals surface area contributed by atoms with Crippen molar-refractivity contribution in [1.29, 1.82) is 0 Å². The number of para-hydroxylation sites is 2. The maximum absolute atomic E-state index is 5.36. The molecule has 5 nitrogen and oxygen atoms in total. The van der Waals surface area contributed by atoms with Crippen LogP contribution in [0, 0.1) is 0 Å². The van der Waals surface area contributed by atoms with Gasteiger partial charge in [0.25, 0.3) is 0 Å². The van der Waals surface area contributed by atoms with Crippen LogP contribution < -0.4 is 0 Å². The third kappa shape index (κ3) is 8.65. The fourth-order valence-corrected chi connectivity index (χ4v) is 11.9. The minimum Gasteiger partial charge on any atom is -0.309 e. The van der Waals surface area contributed by atoms with Crippen LogP contribution in [0.1, 0.15) is 12.0 Å². The van der Waals surface area contributed by atoms with Gasteiger partial charge in [-0.25, -0.2) is 15.0 Å². The molecule has 1 aliphatic rings. The van der Waals surface area contributed by atoms with Crippen molar-refractivity contribution in [2.45, 2.75) is 6.42 Å². The van der Waals surface area contributed by atoms with Crippen molar-refractivity contribution in [3.05, 3.63) is 303 Å². The highest BCUT2D eigenvalue weighted by Gasteiger charge is 2.25. The van der Waals surface area contributed by atoms with Crippen LogP contribution in [0.15, 0.2) is 297 Å². The van der Waals surface area contributed by atoms with E-state index in [0.29, 0.717) is 17.5 Å². The molecule has 14 aromatic rings. The Morgan fingerprint density at radius 1 is 0.284 bits per heavy atom.